The van der Waals surface area contributed by atoms with Crippen LogP contribution in [0.3, 0.4) is 0 Å². The second-order valence-corrected chi connectivity index (χ2v) is 10.1. The molecular weight excluding hydrogens is 497 g/mol. The number of aromatic nitrogens is 3. The van der Waals surface area contributed by atoms with Crippen LogP contribution in [0.5, 0.6) is 0 Å². The average molecular weight is 524 g/mol. The van der Waals surface area contributed by atoms with Gasteiger partial charge >= 0.3 is 0 Å². The molecule has 186 valence electrons. The quantitative estimate of drug-likeness (QED) is 0.367. The SMILES string of the molecule is CC(C)NC(=O)Cn1c(-c2cccc(Cl)c2)nc2ncc(-c3cc(Cl)cc(CN(C)C)c3)cc2c1=O. The van der Waals surface area contributed by atoms with E-state index >= 15 is 0 Å². The van der Waals surface area contributed by atoms with E-state index in [1.165, 1.54) is 4.57 Å². The lowest BCUT2D eigenvalue weighted by molar-refractivity contribution is -0.122. The molecule has 0 atom stereocenters. The first-order chi connectivity index (χ1) is 17.1. The zero-order chi connectivity index (χ0) is 26.0. The van der Waals surface area contributed by atoms with Crippen LogP contribution in [0.15, 0.2) is 59.5 Å². The number of nitrogens with zero attached hydrogens (tertiary/aromatic N) is 4. The van der Waals surface area contributed by atoms with Gasteiger partial charge in [0.15, 0.2) is 5.65 Å². The number of hydrogen-bond donors (Lipinski definition) is 1. The molecule has 4 aromatic rings. The number of carbonyl (C=O) groups is 1. The monoisotopic (exact) mass is 523 g/mol. The van der Waals surface area contributed by atoms with Crippen LogP contribution in [0.2, 0.25) is 10.0 Å². The van der Waals surface area contributed by atoms with Crippen molar-refractivity contribution >= 4 is 40.1 Å². The Labute approximate surface area is 219 Å². The summed E-state index contributed by atoms with van der Waals surface area (Å²) < 4.78 is 1.37. The Morgan fingerprint density at radius 2 is 1.78 bits per heavy atom. The van der Waals surface area contributed by atoms with Gasteiger partial charge in [0.25, 0.3) is 5.56 Å². The number of carbonyl (C=O) groups excluding carboxylic acids is 1. The highest BCUT2D eigenvalue weighted by Gasteiger charge is 2.18. The molecular formula is C27H27Cl2N5O2. The second kappa shape index (κ2) is 10.8. The van der Waals surface area contributed by atoms with Crippen molar-refractivity contribution in [1.29, 1.82) is 0 Å². The summed E-state index contributed by atoms with van der Waals surface area (Å²) in [5, 5.41) is 4.24. The molecule has 0 aliphatic carbocycles. The third-order valence-electron chi connectivity index (χ3n) is 5.43. The predicted octanol–water partition coefficient (Wildman–Crippen LogP) is 5.02. The summed E-state index contributed by atoms with van der Waals surface area (Å²) in [7, 11) is 3.97. The third kappa shape index (κ3) is 5.93. The average Bonchev–Trinajstić information content (AvgIpc) is 2.79. The standard InChI is InChI=1S/C27H27Cl2N5O2/c1-16(2)31-24(35)15-34-26(18-6-5-7-21(28)10-18)32-25-23(27(34)36)12-20(13-30-25)19-8-17(14-33(3)4)9-22(29)11-19/h5-13,16H,14-15H2,1-4H3,(H,31,35). The van der Waals surface area contributed by atoms with Gasteiger partial charge in [-0.2, -0.15) is 0 Å². The Hall–Kier alpha value is -3.26. The van der Waals surface area contributed by atoms with Crippen LogP contribution in [0.1, 0.15) is 19.4 Å². The molecule has 0 bridgehead atoms. The van der Waals surface area contributed by atoms with Crippen molar-refractivity contribution < 1.29 is 4.79 Å². The molecule has 0 aliphatic rings. The number of rotatable bonds is 7. The van der Waals surface area contributed by atoms with E-state index in [9.17, 15) is 9.59 Å². The number of benzene rings is 2. The summed E-state index contributed by atoms with van der Waals surface area (Å²) in [5.74, 6) is 0.0361. The minimum atomic E-state index is -0.362. The highest BCUT2D eigenvalue weighted by Crippen LogP contribution is 2.27. The van der Waals surface area contributed by atoms with E-state index < -0.39 is 0 Å². The fraction of sp³-hybridized carbons (Fsp3) is 0.259. The number of fused-ring (bicyclic) bond motifs is 1. The lowest BCUT2D eigenvalue weighted by Gasteiger charge is -2.15. The summed E-state index contributed by atoms with van der Waals surface area (Å²) >= 11 is 12.6. The van der Waals surface area contributed by atoms with Gasteiger partial charge < -0.3 is 10.2 Å². The summed E-state index contributed by atoms with van der Waals surface area (Å²) in [5.41, 5.74) is 3.16. The van der Waals surface area contributed by atoms with Crippen molar-refractivity contribution in [2.24, 2.45) is 0 Å². The van der Waals surface area contributed by atoms with Gasteiger partial charge in [-0.25, -0.2) is 9.97 Å². The zero-order valence-electron chi connectivity index (χ0n) is 20.5. The van der Waals surface area contributed by atoms with Crippen molar-refractivity contribution in [1.82, 2.24) is 24.8 Å². The van der Waals surface area contributed by atoms with E-state index in [1.54, 1.807) is 36.5 Å². The Bertz CT molecular complexity index is 1500. The summed E-state index contributed by atoms with van der Waals surface area (Å²) in [6, 6.07) is 14.5. The van der Waals surface area contributed by atoms with E-state index in [2.05, 4.69) is 20.2 Å². The molecule has 1 N–H and O–H groups in total. The molecule has 2 heterocycles. The Kier molecular flexibility index (Phi) is 7.73. The second-order valence-electron chi connectivity index (χ2n) is 9.24. The predicted molar refractivity (Wildman–Crippen MR) is 145 cm³/mol. The van der Waals surface area contributed by atoms with Gasteiger partial charge in [0.05, 0.1) is 5.39 Å². The molecule has 36 heavy (non-hydrogen) atoms. The molecule has 9 heteroatoms. The first-order valence-electron chi connectivity index (χ1n) is 11.5. The number of amides is 1. The number of halogens is 2. The van der Waals surface area contributed by atoms with Crippen LogP contribution < -0.4 is 10.9 Å². The third-order valence-corrected chi connectivity index (χ3v) is 5.89. The van der Waals surface area contributed by atoms with E-state index in [0.717, 1.165) is 23.2 Å². The summed E-state index contributed by atoms with van der Waals surface area (Å²) in [6.07, 6.45) is 1.68. The van der Waals surface area contributed by atoms with Crippen molar-refractivity contribution in [2.75, 3.05) is 14.1 Å². The first-order valence-corrected chi connectivity index (χ1v) is 12.3. The molecule has 7 nitrogen and oxygen atoms in total. The van der Waals surface area contributed by atoms with Gasteiger partial charge in [-0.05, 0) is 75.5 Å². The van der Waals surface area contributed by atoms with Crippen molar-refractivity contribution in [3.8, 4) is 22.5 Å². The van der Waals surface area contributed by atoms with Crippen LogP contribution in [0, 0.1) is 0 Å². The lowest BCUT2D eigenvalue weighted by atomic mass is 10.0. The Morgan fingerprint density at radius 3 is 2.47 bits per heavy atom. The highest BCUT2D eigenvalue weighted by atomic mass is 35.5. The molecule has 0 spiro atoms. The maximum atomic E-state index is 13.7. The number of nitrogens with one attached hydrogen (secondary N) is 1. The van der Waals surface area contributed by atoms with Crippen LogP contribution in [-0.4, -0.2) is 45.5 Å². The van der Waals surface area contributed by atoms with E-state index in [-0.39, 0.29) is 29.7 Å². The minimum Gasteiger partial charge on any atom is -0.352 e. The van der Waals surface area contributed by atoms with E-state index in [1.807, 2.05) is 46.1 Å². The fourth-order valence-corrected chi connectivity index (χ4v) is 4.49. The Balaban J connectivity index is 1.89. The Morgan fingerprint density at radius 1 is 1.03 bits per heavy atom. The number of hydrogen-bond acceptors (Lipinski definition) is 5. The van der Waals surface area contributed by atoms with E-state index in [4.69, 9.17) is 23.2 Å². The molecule has 0 aliphatic heterocycles. The van der Waals surface area contributed by atoms with Gasteiger partial charge in [-0.15, -0.1) is 0 Å². The molecule has 2 aromatic heterocycles. The van der Waals surface area contributed by atoms with Gasteiger partial charge in [0.1, 0.15) is 12.4 Å². The van der Waals surface area contributed by atoms with Crippen LogP contribution in [0.4, 0.5) is 0 Å². The smallest absolute Gasteiger partial charge is 0.263 e. The minimum absolute atomic E-state index is 0.0660. The largest absolute Gasteiger partial charge is 0.352 e. The van der Waals surface area contributed by atoms with E-state index in [0.29, 0.717) is 26.8 Å². The molecule has 0 saturated heterocycles. The lowest BCUT2D eigenvalue weighted by Crippen LogP contribution is -2.37. The maximum absolute atomic E-state index is 13.7. The molecule has 0 radical (unpaired) electrons. The van der Waals surface area contributed by atoms with Crippen LogP contribution in [-0.2, 0) is 17.9 Å². The summed E-state index contributed by atoms with van der Waals surface area (Å²) in [6.45, 7) is 4.26. The normalized spacial score (nSPS) is 11.4. The van der Waals surface area contributed by atoms with Gasteiger partial charge in [0.2, 0.25) is 5.91 Å². The van der Waals surface area contributed by atoms with Crippen molar-refractivity contribution in [3.05, 3.63) is 80.7 Å². The summed E-state index contributed by atoms with van der Waals surface area (Å²) in [4.78, 5) is 37.6. The fourth-order valence-electron chi connectivity index (χ4n) is 4.04. The van der Waals surface area contributed by atoms with Crippen molar-refractivity contribution in [3.63, 3.8) is 0 Å². The molecule has 0 fully saturated rings. The maximum Gasteiger partial charge on any atom is 0.263 e. The molecule has 4 rings (SSSR count). The topological polar surface area (TPSA) is 80.1 Å². The van der Waals surface area contributed by atoms with Gasteiger partial charge in [0, 0.05) is 40.0 Å². The van der Waals surface area contributed by atoms with Crippen LogP contribution in [0.25, 0.3) is 33.5 Å². The highest BCUT2D eigenvalue weighted by molar-refractivity contribution is 6.31. The molecule has 2 aromatic carbocycles. The van der Waals surface area contributed by atoms with Gasteiger partial charge in [-0.1, -0.05) is 35.3 Å². The molecule has 0 unspecified atom stereocenters. The molecule has 0 saturated carbocycles. The van der Waals surface area contributed by atoms with Gasteiger partial charge in [-0.3, -0.25) is 14.2 Å². The molecule has 1 amide bonds. The number of pyridine rings is 1. The van der Waals surface area contributed by atoms with Crippen LogP contribution >= 0.6 is 23.2 Å². The first kappa shape index (κ1) is 25.8. The van der Waals surface area contributed by atoms with Crippen molar-refractivity contribution in [2.45, 2.75) is 33.0 Å². The zero-order valence-corrected chi connectivity index (χ0v) is 22.1.